The Hall–Kier alpha value is -2.13. The third kappa shape index (κ3) is 8.56. The molecule has 20 nitrogen and oxygen atoms in total. The van der Waals surface area contributed by atoms with Crippen LogP contribution in [0.2, 0.25) is 0 Å². The number of primary amides is 1. The molecule has 2 aliphatic heterocycles. The number of amides is 3. The maximum absolute atomic E-state index is 13.9. The molecule has 3 amide bonds. The zero-order chi connectivity index (χ0) is 33.1. The molecular formula is C21H35N3O17P2S. The predicted octanol–water partition coefficient (Wildman–Crippen LogP) is 1.77. The number of aliphatic carboxylic acids is 1. The summed E-state index contributed by atoms with van der Waals surface area (Å²) in [5.41, 5.74) is 2.38. The number of methoxy groups -OCH3 is 1. The van der Waals surface area contributed by atoms with Gasteiger partial charge in [0, 0.05) is 18.4 Å². The van der Waals surface area contributed by atoms with Crippen LogP contribution in [0.4, 0.5) is 4.79 Å². The van der Waals surface area contributed by atoms with Crippen molar-refractivity contribution in [3.8, 4) is 0 Å². The van der Waals surface area contributed by atoms with Gasteiger partial charge in [-0.25, -0.2) is 29.1 Å². The van der Waals surface area contributed by atoms with E-state index < -0.39 is 74.3 Å². The standard InChI is InChI=1S/C21H35N3O17P2S/c1-6-34-38-42(30,39-35-7-2)15(43(31,40-36-8-3)41-37-9-4)10-14(25)23-21(32-5)18(28)24-16(17(26)27)13(11-33-20(22)29)12-44-19(21)24/h15,19H,6-12H2,1-5H3,(H2,22,29)(H,23,25)(H,26,27)/t19-,21-/m0/s1. The first-order chi connectivity index (χ1) is 20.8. The Bertz CT molecular complexity index is 1130. The van der Waals surface area contributed by atoms with Gasteiger partial charge >= 0.3 is 27.3 Å². The number of carbonyl (C=O) groups is 4. The van der Waals surface area contributed by atoms with Gasteiger partial charge in [-0.3, -0.25) is 23.6 Å². The second-order valence-corrected chi connectivity index (χ2v) is 13.9. The van der Waals surface area contributed by atoms with Crippen LogP contribution < -0.4 is 11.1 Å². The minimum atomic E-state index is -4.93. The summed E-state index contributed by atoms with van der Waals surface area (Å²) in [7, 11) is -8.79. The fourth-order valence-corrected chi connectivity index (χ4v) is 9.26. The first-order valence-corrected chi connectivity index (χ1v) is 17.2. The van der Waals surface area contributed by atoms with E-state index in [1.165, 1.54) is 27.7 Å². The monoisotopic (exact) mass is 695 g/mol. The molecule has 44 heavy (non-hydrogen) atoms. The molecule has 0 aromatic carbocycles. The second-order valence-electron chi connectivity index (χ2n) is 8.38. The van der Waals surface area contributed by atoms with E-state index in [9.17, 15) is 33.4 Å². The van der Waals surface area contributed by atoms with E-state index in [1.807, 2.05) is 0 Å². The maximum Gasteiger partial charge on any atom is 0.404 e. The van der Waals surface area contributed by atoms with Crippen molar-refractivity contribution in [1.82, 2.24) is 10.2 Å². The van der Waals surface area contributed by atoms with Crippen LogP contribution in [-0.2, 0) is 71.2 Å². The van der Waals surface area contributed by atoms with Crippen LogP contribution in [0.1, 0.15) is 34.1 Å². The third-order valence-electron chi connectivity index (χ3n) is 5.54. The number of hydrogen-bond donors (Lipinski definition) is 3. The lowest BCUT2D eigenvalue weighted by atomic mass is 9.98. The molecule has 252 valence electrons. The number of hydrogen-bond acceptors (Lipinski definition) is 17. The normalized spacial score (nSPS) is 20.4. The molecule has 0 spiro atoms. The van der Waals surface area contributed by atoms with E-state index in [4.69, 9.17) is 53.5 Å². The van der Waals surface area contributed by atoms with E-state index in [1.54, 1.807) is 0 Å². The Morgan fingerprint density at radius 2 is 1.48 bits per heavy atom. The number of carboxylic acid groups (broad SMARTS) is 1. The highest BCUT2D eigenvalue weighted by Gasteiger charge is 2.67. The average Bonchev–Trinajstić information content (AvgIpc) is 3.00. The van der Waals surface area contributed by atoms with Crippen LogP contribution in [0, 0.1) is 0 Å². The van der Waals surface area contributed by atoms with E-state index in [0.717, 1.165) is 23.8 Å². The lowest BCUT2D eigenvalue weighted by Crippen LogP contribution is -2.80. The van der Waals surface area contributed by atoms with Crippen molar-refractivity contribution in [2.24, 2.45) is 5.73 Å². The van der Waals surface area contributed by atoms with Gasteiger partial charge < -0.3 is 25.6 Å². The Morgan fingerprint density at radius 1 is 1.00 bits per heavy atom. The number of nitrogens with two attached hydrogens (primary N) is 1. The molecular weight excluding hydrogens is 660 g/mol. The topological polar surface area (TPSA) is 256 Å². The third-order valence-corrected chi connectivity index (χ3v) is 11.7. The summed E-state index contributed by atoms with van der Waals surface area (Å²) in [5.74, 6) is -3.75. The largest absolute Gasteiger partial charge is 0.477 e. The summed E-state index contributed by atoms with van der Waals surface area (Å²) in [4.78, 5) is 69.9. The summed E-state index contributed by atoms with van der Waals surface area (Å²) in [5, 5.41) is 8.81. The number of thioether (sulfide) groups is 1. The number of nitrogens with zero attached hydrogens (tertiary/aromatic N) is 1. The van der Waals surface area contributed by atoms with Crippen molar-refractivity contribution < 1.29 is 81.1 Å². The molecule has 2 aliphatic rings. The summed E-state index contributed by atoms with van der Waals surface area (Å²) < 4.78 is 57.4. The number of carboxylic acids is 1. The highest BCUT2D eigenvalue weighted by molar-refractivity contribution is 8.00. The molecule has 1 saturated heterocycles. The van der Waals surface area contributed by atoms with Crippen molar-refractivity contribution in [3.63, 3.8) is 0 Å². The first-order valence-electron chi connectivity index (χ1n) is 12.9. The Balaban J connectivity index is 2.47. The first kappa shape index (κ1) is 38.1. The van der Waals surface area contributed by atoms with Gasteiger partial charge in [0.1, 0.15) is 17.7 Å². The molecule has 0 aromatic heterocycles. The molecule has 2 heterocycles. The SMILES string of the molecule is CCOOP(=O)(OOCC)C(CC(=O)N[C@]1(OC)C(=O)N2C(C(=O)O)=C(COC(N)=O)CS[C@H]21)P(=O)(OOCC)OOCC. The van der Waals surface area contributed by atoms with Crippen molar-refractivity contribution in [3.05, 3.63) is 11.3 Å². The molecule has 0 aliphatic carbocycles. The average molecular weight is 696 g/mol. The van der Waals surface area contributed by atoms with Crippen LogP contribution in [0.15, 0.2) is 11.3 Å². The molecule has 2 atom stereocenters. The van der Waals surface area contributed by atoms with Gasteiger partial charge in [0.15, 0.2) is 5.40 Å². The van der Waals surface area contributed by atoms with Gasteiger partial charge in [-0.05, 0) is 27.7 Å². The molecule has 0 aromatic rings. The highest BCUT2D eigenvalue weighted by atomic mass is 32.2. The van der Waals surface area contributed by atoms with E-state index in [2.05, 4.69) is 5.32 Å². The summed E-state index contributed by atoms with van der Waals surface area (Å²) in [6.07, 6.45) is -2.24. The lowest BCUT2D eigenvalue weighted by Gasteiger charge is -2.55. The van der Waals surface area contributed by atoms with E-state index >= 15 is 0 Å². The minimum absolute atomic E-state index is 0.0613. The molecule has 1 fully saturated rings. The van der Waals surface area contributed by atoms with E-state index in [-0.39, 0.29) is 37.8 Å². The molecule has 2 rings (SSSR count). The van der Waals surface area contributed by atoms with Crippen LogP contribution in [0.3, 0.4) is 0 Å². The van der Waals surface area contributed by atoms with Crippen LogP contribution in [0.25, 0.3) is 0 Å². The van der Waals surface area contributed by atoms with Gasteiger partial charge in [-0.15, -0.1) is 30.5 Å². The molecule has 23 heteroatoms. The minimum Gasteiger partial charge on any atom is -0.477 e. The smallest absolute Gasteiger partial charge is 0.404 e. The van der Waals surface area contributed by atoms with Crippen molar-refractivity contribution >= 4 is 50.8 Å². The number of rotatable bonds is 21. The maximum atomic E-state index is 13.9. The number of nitrogens with one attached hydrogen (secondary N) is 1. The molecule has 0 saturated carbocycles. The fourth-order valence-electron chi connectivity index (χ4n) is 3.76. The van der Waals surface area contributed by atoms with Gasteiger partial charge in [0.05, 0.1) is 32.8 Å². The molecule has 0 radical (unpaired) electrons. The van der Waals surface area contributed by atoms with Gasteiger partial charge in [-0.2, -0.15) is 0 Å². The number of ether oxygens (including phenoxy) is 2. The summed E-state index contributed by atoms with van der Waals surface area (Å²) in [6.45, 7) is 4.63. The van der Waals surface area contributed by atoms with Crippen LogP contribution in [0.5, 0.6) is 0 Å². The molecule has 0 bridgehead atoms. The summed E-state index contributed by atoms with van der Waals surface area (Å²) in [6, 6.07) is 0. The Labute approximate surface area is 255 Å². The zero-order valence-corrected chi connectivity index (χ0v) is 27.0. The van der Waals surface area contributed by atoms with E-state index in [0.29, 0.717) is 0 Å². The highest BCUT2D eigenvalue weighted by Crippen LogP contribution is 2.72. The number of fused-ring (bicyclic) bond motifs is 1. The van der Waals surface area contributed by atoms with Crippen molar-refractivity contribution in [2.75, 3.05) is 45.9 Å². The van der Waals surface area contributed by atoms with Crippen molar-refractivity contribution in [2.45, 2.75) is 50.6 Å². The zero-order valence-electron chi connectivity index (χ0n) is 24.4. The van der Waals surface area contributed by atoms with Gasteiger partial charge in [0.25, 0.3) is 11.6 Å². The fraction of sp³-hybridized carbons (Fsp3) is 0.714. The van der Waals surface area contributed by atoms with Gasteiger partial charge in [-0.1, -0.05) is 0 Å². The number of β-lactam (4-membered cyclic amide) rings is 1. The Morgan fingerprint density at radius 3 is 1.86 bits per heavy atom. The predicted molar refractivity (Wildman–Crippen MR) is 146 cm³/mol. The Kier molecular flexibility index (Phi) is 14.7. The molecule has 0 unspecified atom stereocenters. The quantitative estimate of drug-likeness (QED) is 0.0508. The summed E-state index contributed by atoms with van der Waals surface area (Å²) >= 11 is 0.969. The molecule has 4 N–H and O–H groups in total. The van der Waals surface area contributed by atoms with Crippen LogP contribution in [-0.4, -0.2) is 96.3 Å². The van der Waals surface area contributed by atoms with Crippen LogP contribution >= 0.6 is 27.0 Å². The lowest BCUT2D eigenvalue weighted by molar-refractivity contribution is -0.272. The second kappa shape index (κ2) is 17.0. The number of carbonyl (C=O) groups excluding carboxylic acids is 3. The van der Waals surface area contributed by atoms with Crippen molar-refractivity contribution in [1.29, 1.82) is 0 Å². The van der Waals surface area contributed by atoms with Gasteiger partial charge in [0.2, 0.25) is 5.91 Å².